The van der Waals surface area contributed by atoms with E-state index in [2.05, 4.69) is 30.5 Å². The Balaban J connectivity index is 1.52. The van der Waals surface area contributed by atoms with E-state index in [4.69, 9.17) is 10.5 Å². The normalized spacial score (nSPS) is 12.3. The lowest BCUT2D eigenvalue weighted by atomic mass is 9.93. The van der Waals surface area contributed by atoms with Crippen molar-refractivity contribution in [1.82, 2.24) is 30.5 Å². The Hall–Kier alpha value is -5.07. The number of halogens is 4. The summed E-state index contributed by atoms with van der Waals surface area (Å²) in [7, 11) is 1.38. The largest absolute Gasteiger partial charge is 0.496 e. The number of carbonyl (C=O) groups is 1. The summed E-state index contributed by atoms with van der Waals surface area (Å²) in [5.74, 6) is -2.76. The summed E-state index contributed by atoms with van der Waals surface area (Å²) in [5, 5.41) is 9.87. The summed E-state index contributed by atoms with van der Waals surface area (Å²) in [6.07, 6.45) is -0.514. The van der Waals surface area contributed by atoms with Gasteiger partial charge >= 0.3 is 6.18 Å². The molecule has 0 saturated heterocycles. The molecule has 0 fully saturated rings. The van der Waals surface area contributed by atoms with Gasteiger partial charge < -0.3 is 15.8 Å². The first-order valence-corrected chi connectivity index (χ1v) is 12.3. The minimum absolute atomic E-state index is 0.0429. The SMILES string of the molecule is COc1ccc(F)cc1C(=O)NCc1ccc(-c2nc(C(C)C(F)(F)F)c(-c3cncnc3)c3[nH]nc(N)c23)cc1. The topological polar surface area (TPSA) is 132 Å². The third-order valence-corrected chi connectivity index (χ3v) is 6.61. The number of rotatable bonds is 7. The van der Waals surface area contributed by atoms with Crippen LogP contribution in [-0.4, -0.2) is 44.3 Å². The molecule has 5 rings (SSSR count). The highest BCUT2D eigenvalue weighted by Crippen LogP contribution is 2.44. The van der Waals surface area contributed by atoms with Crippen LogP contribution in [0.3, 0.4) is 0 Å². The van der Waals surface area contributed by atoms with Gasteiger partial charge in [-0.2, -0.15) is 18.3 Å². The van der Waals surface area contributed by atoms with E-state index in [1.807, 2.05) is 0 Å². The lowest BCUT2D eigenvalue weighted by Gasteiger charge is -2.20. The minimum atomic E-state index is -4.58. The molecule has 0 aliphatic heterocycles. The Morgan fingerprint density at radius 2 is 1.80 bits per heavy atom. The fourth-order valence-corrected chi connectivity index (χ4v) is 4.45. The number of aromatic nitrogens is 5. The van der Waals surface area contributed by atoms with Crippen molar-refractivity contribution >= 4 is 22.6 Å². The van der Waals surface area contributed by atoms with Crippen molar-refractivity contribution in [1.29, 1.82) is 0 Å². The van der Waals surface area contributed by atoms with Crippen LogP contribution in [0.4, 0.5) is 23.4 Å². The number of nitrogens with zero attached hydrogens (tertiary/aromatic N) is 4. The number of methoxy groups -OCH3 is 1. The van der Waals surface area contributed by atoms with Gasteiger partial charge in [-0.3, -0.25) is 14.9 Å². The number of nitrogen functional groups attached to an aromatic ring is 1. The van der Waals surface area contributed by atoms with E-state index in [9.17, 15) is 22.4 Å². The zero-order chi connectivity index (χ0) is 29.3. The van der Waals surface area contributed by atoms with E-state index in [1.54, 1.807) is 24.3 Å². The van der Waals surface area contributed by atoms with Crippen LogP contribution >= 0.6 is 0 Å². The first kappa shape index (κ1) is 27.5. The van der Waals surface area contributed by atoms with Crippen molar-refractivity contribution in [3.05, 3.63) is 83.8 Å². The Morgan fingerprint density at radius 1 is 1.10 bits per heavy atom. The number of benzene rings is 2. The Kier molecular flexibility index (Phi) is 7.26. The molecule has 3 aromatic heterocycles. The average molecular weight is 566 g/mol. The molecule has 5 aromatic rings. The van der Waals surface area contributed by atoms with Gasteiger partial charge in [0.05, 0.1) is 40.9 Å². The van der Waals surface area contributed by atoms with Gasteiger partial charge in [-0.15, -0.1) is 0 Å². The van der Waals surface area contributed by atoms with Crippen molar-refractivity contribution in [3.8, 4) is 28.1 Å². The van der Waals surface area contributed by atoms with Crippen LogP contribution in [-0.2, 0) is 6.54 Å². The quantitative estimate of drug-likeness (QED) is 0.225. The van der Waals surface area contributed by atoms with Gasteiger partial charge in [0.25, 0.3) is 5.91 Å². The smallest absolute Gasteiger partial charge is 0.397 e. The van der Waals surface area contributed by atoms with Crippen LogP contribution in [0.25, 0.3) is 33.3 Å². The zero-order valence-corrected chi connectivity index (χ0v) is 21.8. The van der Waals surface area contributed by atoms with Gasteiger partial charge in [0.2, 0.25) is 0 Å². The number of carbonyl (C=O) groups excluding carboxylic acids is 1. The number of aromatic amines is 1. The number of alkyl halides is 3. The van der Waals surface area contributed by atoms with E-state index >= 15 is 0 Å². The number of nitrogens with two attached hydrogens (primary N) is 1. The zero-order valence-electron chi connectivity index (χ0n) is 21.8. The van der Waals surface area contributed by atoms with Gasteiger partial charge in [0.1, 0.15) is 17.9 Å². The second kappa shape index (κ2) is 10.8. The van der Waals surface area contributed by atoms with Crippen LogP contribution < -0.4 is 15.8 Å². The molecule has 4 N–H and O–H groups in total. The van der Waals surface area contributed by atoms with Gasteiger partial charge in [0.15, 0.2) is 5.82 Å². The van der Waals surface area contributed by atoms with Crippen LogP contribution in [0, 0.1) is 5.82 Å². The van der Waals surface area contributed by atoms with E-state index in [1.165, 1.54) is 38.0 Å². The molecular weight excluding hydrogens is 542 g/mol. The number of anilines is 1. The number of ether oxygens (including phenoxy) is 1. The molecule has 0 saturated carbocycles. The Labute approximate surface area is 230 Å². The average Bonchev–Trinajstić information content (AvgIpc) is 3.36. The number of amides is 1. The van der Waals surface area contributed by atoms with E-state index < -0.39 is 23.8 Å². The molecule has 0 bridgehead atoms. The Bertz CT molecular complexity index is 1720. The first-order chi connectivity index (χ1) is 19.6. The van der Waals surface area contributed by atoms with Crippen LogP contribution in [0.1, 0.15) is 34.5 Å². The van der Waals surface area contributed by atoms with Crippen LogP contribution in [0.15, 0.2) is 61.2 Å². The molecule has 0 radical (unpaired) electrons. The predicted molar refractivity (Wildman–Crippen MR) is 143 cm³/mol. The van der Waals surface area contributed by atoms with Crippen molar-refractivity contribution in [3.63, 3.8) is 0 Å². The first-order valence-electron chi connectivity index (χ1n) is 12.3. The predicted octanol–water partition coefficient (Wildman–Crippen LogP) is 5.41. The van der Waals surface area contributed by atoms with Crippen molar-refractivity contribution in [2.45, 2.75) is 25.6 Å². The Morgan fingerprint density at radius 3 is 2.46 bits per heavy atom. The lowest BCUT2D eigenvalue weighted by molar-refractivity contribution is -0.146. The molecule has 1 unspecified atom stereocenters. The van der Waals surface area contributed by atoms with Gasteiger partial charge in [0, 0.05) is 35.6 Å². The standard InChI is InChI=1S/C28H23F4N7O2/c1-14(28(30,31)32)23-21(17-11-34-13-35-12-17)25-22(26(33)39-38-25)24(37-23)16-5-3-15(4-6-16)10-36-27(40)19-9-18(29)7-8-20(19)41-2/h3-9,11-14H,10H2,1-2H3,(H,36,40)(H3,33,38,39). The van der Waals surface area contributed by atoms with E-state index in [-0.39, 0.29) is 46.1 Å². The number of hydrogen-bond acceptors (Lipinski definition) is 7. The van der Waals surface area contributed by atoms with E-state index in [0.717, 1.165) is 13.0 Å². The number of H-pyrrole nitrogens is 1. The number of pyridine rings is 1. The molecule has 0 aliphatic rings. The van der Waals surface area contributed by atoms with Crippen molar-refractivity contribution in [2.75, 3.05) is 12.8 Å². The summed E-state index contributed by atoms with van der Waals surface area (Å²) >= 11 is 0. The summed E-state index contributed by atoms with van der Waals surface area (Å²) in [6, 6.07) is 10.3. The molecular formula is C28H23F4N7O2. The second-order valence-electron chi connectivity index (χ2n) is 9.19. The number of fused-ring (bicyclic) bond motifs is 1. The number of nitrogens with one attached hydrogen (secondary N) is 2. The summed E-state index contributed by atoms with van der Waals surface area (Å²) < 4.78 is 60.7. The molecule has 2 aromatic carbocycles. The van der Waals surface area contributed by atoms with Gasteiger partial charge in [-0.05, 0) is 30.7 Å². The summed E-state index contributed by atoms with van der Waals surface area (Å²) in [4.78, 5) is 25.0. The third kappa shape index (κ3) is 5.38. The molecule has 41 heavy (non-hydrogen) atoms. The monoisotopic (exact) mass is 565 g/mol. The molecule has 1 atom stereocenters. The van der Waals surface area contributed by atoms with Crippen LogP contribution in [0.5, 0.6) is 5.75 Å². The summed E-state index contributed by atoms with van der Waals surface area (Å²) in [6.45, 7) is 1.13. The molecule has 0 spiro atoms. The number of hydrogen-bond donors (Lipinski definition) is 3. The fraction of sp³-hybridized carbons (Fsp3) is 0.179. The molecule has 9 nitrogen and oxygen atoms in total. The summed E-state index contributed by atoms with van der Waals surface area (Å²) in [5.41, 5.74) is 8.08. The minimum Gasteiger partial charge on any atom is -0.496 e. The van der Waals surface area contributed by atoms with Crippen molar-refractivity contribution < 1.29 is 27.1 Å². The van der Waals surface area contributed by atoms with E-state index in [0.29, 0.717) is 22.1 Å². The maximum Gasteiger partial charge on any atom is 0.397 e. The highest BCUT2D eigenvalue weighted by Gasteiger charge is 2.40. The third-order valence-electron chi connectivity index (χ3n) is 6.61. The lowest BCUT2D eigenvalue weighted by Crippen LogP contribution is -2.23. The molecule has 0 aliphatic carbocycles. The fourth-order valence-electron chi connectivity index (χ4n) is 4.45. The van der Waals surface area contributed by atoms with Crippen molar-refractivity contribution in [2.24, 2.45) is 0 Å². The molecule has 1 amide bonds. The highest BCUT2D eigenvalue weighted by atomic mass is 19.4. The second-order valence-corrected chi connectivity index (χ2v) is 9.19. The molecule has 210 valence electrons. The highest BCUT2D eigenvalue weighted by molar-refractivity contribution is 6.07. The van der Waals surface area contributed by atoms with Crippen LogP contribution in [0.2, 0.25) is 0 Å². The van der Waals surface area contributed by atoms with Gasteiger partial charge in [-0.25, -0.2) is 14.4 Å². The maximum atomic E-state index is 14.0. The maximum absolute atomic E-state index is 14.0. The van der Waals surface area contributed by atoms with Gasteiger partial charge in [-0.1, -0.05) is 24.3 Å². The molecule has 13 heteroatoms. The molecule has 3 heterocycles.